The van der Waals surface area contributed by atoms with E-state index in [0.29, 0.717) is 5.54 Å². The molecule has 0 saturated carbocycles. The van der Waals surface area contributed by atoms with Crippen molar-refractivity contribution in [3.8, 4) is 0 Å². The first-order valence-corrected chi connectivity index (χ1v) is 10.2. The molecule has 0 rings (SSSR count). The van der Waals surface area contributed by atoms with Crippen molar-refractivity contribution in [3.63, 3.8) is 0 Å². The van der Waals surface area contributed by atoms with Crippen molar-refractivity contribution in [2.24, 2.45) is 5.73 Å². The van der Waals surface area contributed by atoms with Gasteiger partial charge in [-0.25, -0.2) is 0 Å². The van der Waals surface area contributed by atoms with Gasteiger partial charge >= 0.3 is 8.56 Å². The average molecular weight is 290 g/mol. The maximum absolute atomic E-state index is 6.32. The Bertz CT molecular complexity index is 181. The van der Waals surface area contributed by atoms with E-state index >= 15 is 0 Å². The Morgan fingerprint density at radius 2 is 1.53 bits per heavy atom. The van der Waals surface area contributed by atoms with Gasteiger partial charge in [-0.2, -0.15) is 0 Å². The average Bonchev–Trinajstić information content (AvgIpc) is 2.44. The molecule has 0 aromatic heterocycles. The summed E-state index contributed by atoms with van der Waals surface area (Å²) in [6.45, 7) is 11.3. The molecule has 0 aliphatic heterocycles. The predicted molar refractivity (Wildman–Crippen MR) is 85.7 cm³/mol. The molecule has 0 bridgehead atoms. The van der Waals surface area contributed by atoms with Crippen molar-refractivity contribution in [3.05, 3.63) is 0 Å². The van der Waals surface area contributed by atoms with Crippen LogP contribution >= 0.6 is 0 Å². The summed E-state index contributed by atoms with van der Waals surface area (Å²) in [5.41, 5.74) is 6.20. The van der Waals surface area contributed by atoms with Crippen molar-refractivity contribution in [2.45, 2.75) is 77.8 Å². The first-order chi connectivity index (χ1) is 9.16. The summed E-state index contributed by atoms with van der Waals surface area (Å²) in [4.78, 5) is 0. The standard InChI is InChI=1S/C15H35NO2Si/c1-5-8-14-19(17-12-6-2,18-13-7-3)15(4)10-9-11-16/h15H,5-14,16H2,1-4H3. The molecule has 0 heterocycles. The highest BCUT2D eigenvalue weighted by molar-refractivity contribution is 6.68. The molecule has 0 spiro atoms. The fraction of sp³-hybridized carbons (Fsp3) is 1.00. The zero-order valence-corrected chi connectivity index (χ0v) is 14.5. The predicted octanol–water partition coefficient (Wildman–Crippen LogP) is 4.21. The minimum Gasteiger partial charge on any atom is -0.394 e. The van der Waals surface area contributed by atoms with Gasteiger partial charge in [-0.1, -0.05) is 40.5 Å². The van der Waals surface area contributed by atoms with Gasteiger partial charge in [0.1, 0.15) is 0 Å². The van der Waals surface area contributed by atoms with E-state index in [9.17, 15) is 0 Å². The van der Waals surface area contributed by atoms with E-state index in [4.69, 9.17) is 14.6 Å². The van der Waals surface area contributed by atoms with E-state index in [-0.39, 0.29) is 0 Å². The van der Waals surface area contributed by atoms with Crippen LogP contribution in [0.4, 0.5) is 0 Å². The van der Waals surface area contributed by atoms with Gasteiger partial charge in [-0.3, -0.25) is 0 Å². The summed E-state index contributed by atoms with van der Waals surface area (Å²) in [5.74, 6) is 0. The molecule has 0 aliphatic carbocycles. The molecule has 116 valence electrons. The number of hydrogen-bond donors (Lipinski definition) is 1. The Morgan fingerprint density at radius 3 is 1.95 bits per heavy atom. The molecule has 0 saturated heterocycles. The van der Waals surface area contributed by atoms with Crippen molar-refractivity contribution in [2.75, 3.05) is 19.8 Å². The van der Waals surface area contributed by atoms with Gasteiger partial charge in [-0.15, -0.1) is 0 Å². The van der Waals surface area contributed by atoms with Crippen LogP contribution in [-0.4, -0.2) is 28.3 Å². The fourth-order valence-electron chi connectivity index (χ4n) is 2.33. The topological polar surface area (TPSA) is 44.5 Å². The lowest BCUT2D eigenvalue weighted by atomic mass is 10.2. The number of nitrogens with two attached hydrogens (primary N) is 1. The lowest BCUT2D eigenvalue weighted by molar-refractivity contribution is 0.156. The lowest BCUT2D eigenvalue weighted by Crippen LogP contribution is -2.46. The van der Waals surface area contributed by atoms with Gasteiger partial charge in [0, 0.05) is 13.2 Å². The highest BCUT2D eigenvalue weighted by atomic mass is 28.4. The van der Waals surface area contributed by atoms with Crippen LogP contribution < -0.4 is 5.73 Å². The van der Waals surface area contributed by atoms with Crippen LogP contribution in [0, 0.1) is 0 Å². The second-order valence-electron chi connectivity index (χ2n) is 5.44. The van der Waals surface area contributed by atoms with Crippen LogP contribution in [0.1, 0.15) is 66.2 Å². The Balaban J connectivity index is 4.73. The van der Waals surface area contributed by atoms with Crippen LogP contribution in [0.3, 0.4) is 0 Å². The first-order valence-electron chi connectivity index (χ1n) is 8.14. The lowest BCUT2D eigenvalue weighted by Gasteiger charge is -2.36. The molecule has 0 aromatic rings. The summed E-state index contributed by atoms with van der Waals surface area (Å²) in [5, 5.41) is 0. The van der Waals surface area contributed by atoms with Gasteiger partial charge in [-0.05, 0) is 43.8 Å². The van der Waals surface area contributed by atoms with Gasteiger partial charge in [0.25, 0.3) is 0 Å². The second kappa shape index (κ2) is 11.9. The Hall–Kier alpha value is 0.0969. The largest absolute Gasteiger partial charge is 0.394 e. The van der Waals surface area contributed by atoms with Crippen molar-refractivity contribution in [1.82, 2.24) is 0 Å². The Kier molecular flexibility index (Phi) is 11.9. The highest BCUT2D eigenvalue weighted by Gasteiger charge is 2.42. The Morgan fingerprint density at radius 1 is 0.947 bits per heavy atom. The molecule has 1 atom stereocenters. The van der Waals surface area contributed by atoms with E-state index in [1.54, 1.807) is 0 Å². The van der Waals surface area contributed by atoms with Crippen molar-refractivity contribution in [1.29, 1.82) is 0 Å². The molecule has 4 heteroatoms. The van der Waals surface area contributed by atoms with Crippen LogP contribution in [0.25, 0.3) is 0 Å². The summed E-state index contributed by atoms with van der Waals surface area (Å²) >= 11 is 0. The highest BCUT2D eigenvalue weighted by Crippen LogP contribution is 2.33. The van der Waals surface area contributed by atoms with E-state index in [1.165, 1.54) is 12.8 Å². The third-order valence-corrected chi connectivity index (χ3v) is 7.80. The number of unbranched alkanes of at least 4 members (excludes halogenated alkanes) is 1. The molecule has 19 heavy (non-hydrogen) atoms. The van der Waals surface area contributed by atoms with E-state index < -0.39 is 8.56 Å². The summed E-state index contributed by atoms with van der Waals surface area (Å²) in [6, 6.07) is 1.13. The quantitative estimate of drug-likeness (QED) is 0.517. The maximum atomic E-state index is 6.32. The third kappa shape index (κ3) is 7.44. The molecule has 2 N–H and O–H groups in total. The first kappa shape index (κ1) is 19.1. The zero-order valence-electron chi connectivity index (χ0n) is 13.5. The van der Waals surface area contributed by atoms with Crippen LogP contribution in [0.5, 0.6) is 0 Å². The summed E-state index contributed by atoms with van der Waals surface area (Å²) in [6.07, 6.45) is 6.78. The van der Waals surface area contributed by atoms with E-state index in [1.807, 2.05) is 0 Å². The van der Waals surface area contributed by atoms with Crippen molar-refractivity contribution >= 4 is 8.56 Å². The minimum absolute atomic E-state index is 0.542. The van der Waals surface area contributed by atoms with Gasteiger partial charge < -0.3 is 14.6 Å². The molecule has 0 amide bonds. The monoisotopic (exact) mass is 289 g/mol. The van der Waals surface area contributed by atoms with E-state index in [2.05, 4.69) is 27.7 Å². The van der Waals surface area contributed by atoms with Crippen LogP contribution in [-0.2, 0) is 8.85 Å². The second-order valence-corrected chi connectivity index (χ2v) is 9.13. The van der Waals surface area contributed by atoms with Crippen LogP contribution in [0.15, 0.2) is 0 Å². The molecule has 3 nitrogen and oxygen atoms in total. The van der Waals surface area contributed by atoms with Crippen LogP contribution in [0.2, 0.25) is 11.6 Å². The molecule has 0 radical (unpaired) electrons. The summed E-state index contributed by atoms with van der Waals surface area (Å²) in [7, 11) is -2.05. The number of hydrogen-bond acceptors (Lipinski definition) is 3. The molecular formula is C15H35NO2Si. The third-order valence-electron chi connectivity index (χ3n) is 3.57. The summed E-state index contributed by atoms with van der Waals surface area (Å²) < 4.78 is 12.6. The zero-order chi connectivity index (χ0) is 14.6. The van der Waals surface area contributed by atoms with E-state index in [0.717, 1.165) is 51.5 Å². The minimum atomic E-state index is -2.05. The molecule has 0 aliphatic rings. The molecular weight excluding hydrogens is 254 g/mol. The molecule has 0 aromatic carbocycles. The molecule has 1 unspecified atom stereocenters. The SMILES string of the molecule is CCCC[Si](OCCC)(OCCC)C(C)CCCN. The normalized spacial score (nSPS) is 13.7. The number of rotatable bonds is 13. The van der Waals surface area contributed by atoms with Gasteiger partial charge in [0.2, 0.25) is 0 Å². The maximum Gasteiger partial charge on any atom is 0.341 e. The smallest absolute Gasteiger partial charge is 0.341 e. The molecule has 0 fully saturated rings. The Labute approximate surface area is 121 Å². The van der Waals surface area contributed by atoms with Crippen molar-refractivity contribution < 1.29 is 8.85 Å². The van der Waals surface area contributed by atoms with Gasteiger partial charge in [0.15, 0.2) is 0 Å². The van der Waals surface area contributed by atoms with Gasteiger partial charge in [0.05, 0.1) is 0 Å². The fourth-order valence-corrected chi connectivity index (χ4v) is 6.36.